The number of piperazine rings is 1. The number of pyridine rings is 1. The van der Waals surface area contributed by atoms with E-state index in [1.165, 1.54) is 6.07 Å². The summed E-state index contributed by atoms with van der Waals surface area (Å²) in [7, 11) is 0. The number of carbonyl (C=O) groups excluding carboxylic acids is 1. The van der Waals surface area contributed by atoms with Crippen LogP contribution in [0.5, 0.6) is 0 Å². The smallest absolute Gasteiger partial charge is 0.239 e. The lowest BCUT2D eigenvalue weighted by atomic mass is 10.0. The molecule has 3 heterocycles. The Morgan fingerprint density at radius 2 is 2.03 bits per heavy atom. The zero-order valence-corrected chi connectivity index (χ0v) is 17.0. The third-order valence-electron chi connectivity index (χ3n) is 5.10. The van der Waals surface area contributed by atoms with Crippen LogP contribution in [0.4, 0.5) is 22.1 Å². The Bertz CT molecular complexity index is 1120. The summed E-state index contributed by atoms with van der Waals surface area (Å²) in [5, 5.41) is 6.87. The number of benzene rings is 1. The second-order valence-electron chi connectivity index (χ2n) is 7.35. The van der Waals surface area contributed by atoms with Crippen molar-refractivity contribution in [3.8, 4) is 0 Å². The van der Waals surface area contributed by atoms with E-state index in [1.807, 2.05) is 17.9 Å². The van der Waals surface area contributed by atoms with Crippen molar-refractivity contribution in [2.75, 3.05) is 35.6 Å². The molecule has 1 amide bonds. The number of amides is 1. The van der Waals surface area contributed by atoms with Crippen molar-refractivity contribution in [1.29, 1.82) is 0 Å². The molecule has 9 nitrogen and oxygen atoms in total. The van der Waals surface area contributed by atoms with Gasteiger partial charge < -0.3 is 21.3 Å². The molecule has 1 aliphatic rings. The van der Waals surface area contributed by atoms with Crippen LogP contribution in [0.25, 0.3) is 10.9 Å². The quantitative estimate of drug-likeness (QED) is 0.596. The van der Waals surface area contributed by atoms with Crippen molar-refractivity contribution in [2.24, 2.45) is 0 Å². The molecule has 0 aliphatic carbocycles. The van der Waals surface area contributed by atoms with Crippen molar-refractivity contribution in [1.82, 2.24) is 25.3 Å². The second kappa shape index (κ2) is 7.69. The predicted octanol–water partition coefficient (Wildman–Crippen LogP) is 1.87. The maximum absolute atomic E-state index is 14.1. The Morgan fingerprint density at radius 1 is 1.23 bits per heavy atom. The third-order valence-corrected chi connectivity index (χ3v) is 5.10. The number of nitrogen functional groups attached to an aromatic ring is 1. The topological polar surface area (TPSA) is 122 Å². The molecule has 1 aliphatic heterocycles. The molecule has 1 unspecified atom stereocenters. The van der Waals surface area contributed by atoms with Crippen molar-refractivity contribution >= 4 is 34.5 Å². The van der Waals surface area contributed by atoms with Crippen LogP contribution in [0.3, 0.4) is 0 Å². The summed E-state index contributed by atoms with van der Waals surface area (Å²) < 4.78 is 14.1. The first kappa shape index (κ1) is 19.7. The molecule has 2 aromatic heterocycles. The lowest BCUT2D eigenvalue weighted by molar-refractivity contribution is -0.120. The molecule has 4 N–H and O–H groups in total. The van der Waals surface area contributed by atoms with Gasteiger partial charge in [-0.2, -0.15) is 15.0 Å². The van der Waals surface area contributed by atoms with Gasteiger partial charge in [0.1, 0.15) is 17.5 Å². The number of rotatable bonds is 4. The standard InChI is InChI=1S/C20H23FN8O/c1-10-15(21)5-4-13-8-14(11(2)24-20-26-12(3)25-19(22)28-20)18(27-17(10)13)29-7-6-23-16(30)9-29/h4-5,8,11H,6-7,9H2,1-3H3,(H,23,30)(H3,22,24,25,26,28). The van der Waals surface area contributed by atoms with Gasteiger partial charge >= 0.3 is 0 Å². The Balaban J connectivity index is 1.80. The summed E-state index contributed by atoms with van der Waals surface area (Å²) in [4.78, 5) is 31.1. The summed E-state index contributed by atoms with van der Waals surface area (Å²) in [6, 6.07) is 4.85. The number of aromatic nitrogens is 4. The molecule has 1 saturated heterocycles. The van der Waals surface area contributed by atoms with E-state index in [2.05, 4.69) is 25.6 Å². The van der Waals surface area contributed by atoms with Crippen LogP contribution in [0.15, 0.2) is 18.2 Å². The monoisotopic (exact) mass is 410 g/mol. The van der Waals surface area contributed by atoms with Crippen LogP contribution in [0, 0.1) is 19.7 Å². The Hall–Kier alpha value is -3.56. The van der Waals surface area contributed by atoms with Gasteiger partial charge in [-0.1, -0.05) is 0 Å². The van der Waals surface area contributed by atoms with E-state index in [0.717, 1.165) is 10.9 Å². The highest BCUT2D eigenvalue weighted by Crippen LogP contribution is 2.32. The number of nitrogens with two attached hydrogens (primary N) is 1. The molecule has 156 valence electrons. The minimum atomic E-state index is -0.313. The fourth-order valence-corrected chi connectivity index (χ4v) is 3.59. The highest BCUT2D eigenvalue weighted by atomic mass is 19.1. The van der Waals surface area contributed by atoms with Gasteiger partial charge in [-0.15, -0.1) is 0 Å². The predicted molar refractivity (Wildman–Crippen MR) is 113 cm³/mol. The van der Waals surface area contributed by atoms with Crippen LogP contribution in [0.1, 0.15) is 29.9 Å². The van der Waals surface area contributed by atoms with Crippen LogP contribution in [-0.4, -0.2) is 45.5 Å². The van der Waals surface area contributed by atoms with Crippen LogP contribution < -0.4 is 21.3 Å². The van der Waals surface area contributed by atoms with Gasteiger partial charge in [0.15, 0.2) is 0 Å². The molecule has 0 spiro atoms. The molecule has 1 aromatic carbocycles. The van der Waals surface area contributed by atoms with E-state index < -0.39 is 0 Å². The number of halogens is 1. The molecule has 3 aromatic rings. The van der Waals surface area contributed by atoms with Gasteiger partial charge in [-0.25, -0.2) is 9.37 Å². The number of hydrogen-bond acceptors (Lipinski definition) is 8. The van der Waals surface area contributed by atoms with E-state index >= 15 is 0 Å². The summed E-state index contributed by atoms with van der Waals surface area (Å²) >= 11 is 0. The molecule has 1 fully saturated rings. The summed E-state index contributed by atoms with van der Waals surface area (Å²) in [5.41, 5.74) is 7.64. The molecule has 30 heavy (non-hydrogen) atoms. The van der Waals surface area contributed by atoms with E-state index in [-0.39, 0.29) is 30.3 Å². The average molecular weight is 410 g/mol. The number of fused-ring (bicyclic) bond motifs is 1. The van der Waals surface area contributed by atoms with E-state index in [9.17, 15) is 9.18 Å². The van der Waals surface area contributed by atoms with Crippen molar-refractivity contribution in [3.05, 3.63) is 41.0 Å². The van der Waals surface area contributed by atoms with Gasteiger partial charge in [0.05, 0.1) is 18.1 Å². The maximum atomic E-state index is 14.1. The van der Waals surface area contributed by atoms with Gasteiger partial charge in [0.25, 0.3) is 0 Å². The van der Waals surface area contributed by atoms with Gasteiger partial charge in [-0.3, -0.25) is 4.79 Å². The van der Waals surface area contributed by atoms with E-state index in [0.29, 0.717) is 41.8 Å². The SMILES string of the molecule is Cc1nc(N)nc(NC(C)c2cc3ccc(F)c(C)c3nc2N2CCNC(=O)C2)n1. The lowest BCUT2D eigenvalue weighted by Crippen LogP contribution is -2.48. The minimum absolute atomic E-state index is 0.0773. The first-order valence-corrected chi connectivity index (χ1v) is 9.68. The number of nitrogens with one attached hydrogen (secondary N) is 2. The van der Waals surface area contributed by atoms with Crippen molar-refractivity contribution in [3.63, 3.8) is 0 Å². The fourth-order valence-electron chi connectivity index (χ4n) is 3.59. The molecule has 0 saturated carbocycles. The summed E-state index contributed by atoms with van der Waals surface area (Å²) in [6.45, 7) is 6.70. The largest absolute Gasteiger partial charge is 0.368 e. The number of carbonyl (C=O) groups is 1. The zero-order chi connectivity index (χ0) is 21.4. The van der Waals surface area contributed by atoms with Gasteiger partial charge in [-0.05, 0) is 39.0 Å². The molecule has 4 rings (SSSR count). The first-order chi connectivity index (χ1) is 14.3. The second-order valence-corrected chi connectivity index (χ2v) is 7.35. The number of hydrogen-bond donors (Lipinski definition) is 3. The molecule has 1 atom stereocenters. The number of anilines is 3. The lowest BCUT2D eigenvalue weighted by Gasteiger charge is -2.31. The normalized spacial score (nSPS) is 15.2. The zero-order valence-electron chi connectivity index (χ0n) is 17.0. The van der Waals surface area contributed by atoms with E-state index in [1.54, 1.807) is 19.9 Å². The van der Waals surface area contributed by atoms with E-state index in [4.69, 9.17) is 10.7 Å². The summed E-state index contributed by atoms with van der Waals surface area (Å²) in [5.74, 6) is 1.23. The molecule has 0 radical (unpaired) electrons. The summed E-state index contributed by atoms with van der Waals surface area (Å²) in [6.07, 6.45) is 0. The molecule has 0 bridgehead atoms. The Morgan fingerprint density at radius 3 is 2.77 bits per heavy atom. The van der Waals surface area contributed by atoms with Crippen molar-refractivity contribution in [2.45, 2.75) is 26.8 Å². The highest BCUT2D eigenvalue weighted by Gasteiger charge is 2.24. The molecular formula is C20H23FN8O. The number of aryl methyl sites for hydroxylation is 2. The maximum Gasteiger partial charge on any atom is 0.239 e. The highest BCUT2D eigenvalue weighted by molar-refractivity contribution is 5.87. The van der Waals surface area contributed by atoms with Crippen LogP contribution in [-0.2, 0) is 4.79 Å². The first-order valence-electron chi connectivity index (χ1n) is 9.68. The fraction of sp³-hybridized carbons (Fsp3) is 0.350. The van der Waals surface area contributed by atoms with Gasteiger partial charge in [0.2, 0.25) is 17.8 Å². The molecular weight excluding hydrogens is 387 g/mol. The third kappa shape index (κ3) is 3.80. The Labute approximate surface area is 172 Å². The van der Waals surface area contributed by atoms with Crippen LogP contribution >= 0.6 is 0 Å². The van der Waals surface area contributed by atoms with Crippen LogP contribution in [0.2, 0.25) is 0 Å². The average Bonchev–Trinajstić information content (AvgIpc) is 2.69. The van der Waals surface area contributed by atoms with Crippen molar-refractivity contribution < 1.29 is 9.18 Å². The Kier molecular flexibility index (Phi) is 5.06. The minimum Gasteiger partial charge on any atom is -0.368 e. The van der Waals surface area contributed by atoms with Gasteiger partial charge in [0, 0.05) is 29.6 Å². The number of nitrogens with zero attached hydrogens (tertiary/aromatic N) is 5. The molecule has 10 heteroatoms.